The molecule has 3 aromatic carbocycles. The van der Waals surface area contributed by atoms with Crippen molar-refractivity contribution in [2.24, 2.45) is 0 Å². The summed E-state index contributed by atoms with van der Waals surface area (Å²) >= 11 is 0. The highest BCUT2D eigenvalue weighted by atomic mass is 19.2. The smallest absolute Gasteiger partial charge is 0.160 e. The lowest BCUT2D eigenvalue weighted by Gasteiger charge is -2.20. The molecule has 0 saturated heterocycles. The summed E-state index contributed by atoms with van der Waals surface area (Å²) in [6, 6.07) is 20.2. The molecule has 0 aromatic heterocycles. The van der Waals surface area contributed by atoms with Crippen molar-refractivity contribution in [2.45, 2.75) is 6.92 Å². The fourth-order valence-electron chi connectivity index (χ4n) is 2.47. The molecule has 0 heterocycles. The first-order chi connectivity index (χ1) is 11.0. The summed E-state index contributed by atoms with van der Waals surface area (Å²) < 4.78 is 26.4. The molecule has 0 aliphatic rings. The van der Waals surface area contributed by atoms with Crippen LogP contribution in [-0.2, 0) is 0 Å². The molecule has 0 amide bonds. The molecule has 0 saturated carbocycles. The third-order valence-corrected chi connectivity index (χ3v) is 3.93. The number of aryl methyl sites for hydroxylation is 1. The topological polar surface area (TPSA) is 3.24 Å². The second-order valence-corrected chi connectivity index (χ2v) is 5.57. The van der Waals surface area contributed by atoms with E-state index in [0.717, 1.165) is 22.9 Å². The molecular formula is C20H17F2N. The van der Waals surface area contributed by atoms with Crippen LogP contribution in [0.3, 0.4) is 0 Å². The molecule has 0 fully saturated rings. The van der Waals surface area contributed by atoms with Crippen LogP contribution in [0, 0.1) is 18.6 Å². The van der Waals surface area contributed by atoms with Gasteiger partial charge in [-0.15, -0.1) is 0 Å². The van der Waals surface area contributed by atoms with Gasteiger partial charge in [-0.3, -0.25) is 0 Å². The maximum atomic E-state index is 13.4. The van der Waals surface area contributed by atoms with Gasteiger partial charge < -0.3 is 4.90 Å². The average molecular weight is 309 g/mol. The van der Waals surface area contributed by atoms with Crippen LogP contribution in [0.4, 0.5) is 20.2 Å². The molecule has 0 atom stereocenters. The van der Waals surface area contributed by atoms with Crippen LogP contribution in [0.25, 0.3) is 11.1 Å². The van der Waals surface area contributed by atoms with E-state index in [1.165, 1.54) is 11.6 Å². The van der Waals surface area contributed by atoms with E-state index in [9.17, 15) is 8.78 Å². The van der Waals surface area contributed by atoms with E-state index in [2.05, 4.69) is 31.2 Å². The predicted molar refractivity (Wildman–Crippen MR) is 91.0 cm³/mol. The van der Waals surface area contributed by atoms with Crippen molar-refractivity contribution >= 4 is 11.4 Å². The minimum Gasteiger partial charge on any atom is -0.345 e. The van der Waals surface area contributed by atoms with Crippen molar-refractivity contribution < 1.29 is 8.78 Å². The van der Waals surface area contributed by atoms with Gasteiger partial charge in [0.25, 0.3) is 0 Å². The first-order valence-electron chi connectivity index (χ1n) is 7.40. The Bertz CT molecular complexity index is 808. The lowest BCUT2D eigenvalue weighted by molar-refractivity contribution is 0.509. The lowest BCUT2D eigenvalue weighted by Crippen LogP contribution is -2.09. The quantitative estimate of drug-likeness (QED) is 0.599. The number of hydrogen-bond acceptors (Lipinski definition) is 1. The molecule has 3 aromatic rings. The standard InChI is InChI=1S/C20H17F2N/c1-14-3-5-15(6-4-14)16-7-9-17(10-8-16)23(2)18-11-12-19(21)20(22)13-18/h3-13H,1-2H3. The summed E-state index contributed by atoms with van der Waals surface area (Å²) in [5, 5.41) is 0. The predicted octanol–water partition coefficient (Wildman–Crippen LogP) is 5.71. The SMILES string of the molecule is Cc1ccc(-c2ccc(N(C)c3ccc(F)c(F)c3)cc2)cc1. The highest BCUT2D eigenvalue weighted by Crippen LogP contribution is 2.28. The summed E-state index contributed by atoms with van der Waals surface area (Å²) in [6.45, 7) is 2.06. The lowest BCUT2D eigenvalue weighted by atomic mass is 10.0. The fourth-order valence-corrected chi connectivity index (χ4v) is 2.47. The van der Waals surface area contributed by atoms with E-state index in [-0.39, 0.29) is 0 Å². The molecule has 23 heavy (non-hydrogen) atoms. The van der Waals surface area contributed by atoms with Gasteiger partial charge in [0.2, 0.25) is 0 Å². The normalized spacial score (nSPS) is 10.6. The van der Waals surface area contributed by atoms with Crippen molar-refractivity contribution in [3.8, 4) is 11.1 Å². The number of benzene rings is 3. The number of nitrogens with zero attached hydrogens (tertiary/aromatic N) is 1. The average Bonchev–Trinajstić information content (AvgIpc) is 2.57. The van der Waals surface area contributed by atoms with Crippen molar-refractivity contribution in [1.29, 1.82) is 0 Å². The van der Waals surface area contributed by atoms with E-state index in [4.69, 9.17) is 0 Å². The Kier molecular flexibility index (Phi) is 4.11. The second-order valence-electron chi connectivity index (χ2n) is 5.57. The summed E-state index contributed by atoms with van der Waals surface area (Å²) in [7, 11) is 1.83. The fraction of sp³-hybridized carbons (Fsp3) is 0.100. The largest absolute Gasteiger partial charge is 0.345 e. The minimum atomic E-state index is -0.842. The zero-order valence-electron chi connectivity index (χ0n) is 13.1. The minimum absolute atomic E-state index is 0.604. The van der Waals surface area contributed by atoms with Crippen LogP contribution in [0.2, 0.25) is 0 Å². The van der Waals surface area contributed by atoms with Crippen LogP contribution >= 0.6 is 0 Å². The third-order valence-electron chi connectivity index (χ3n) is 3.93. The first kappa shape index (κ1) is 15.2. The number of rotatable bonds is 3. The molecule has 0 aliphatic heterocycles. The summed E-state index contributed by atoms with van der Waals surface area (Å²) in [5.74, 6) is -1.68. The zero-order valence-corrected chi connectivity index (χ0v) is 13.1. The van der Waals surface area contributed by atoms with E-state index < -0.39 is 11.6 Å². The van der Waals surface area contributed by atoms with Gasteiger partial charge in [0.15, 0.2) is 11.6 Å². The third kappa shape index (κ3) is 3.24. The molecule has 0 bridgehead atoms. The second kappa shape index (κ2) is 6.21. The van der Waals surface area contributed by atoms with Gasteiger partial charge in [-0.1, -0.05) is 42.0 Å². The monoisotopic (exact) mass is 309 g/mol. The highest BCUT2D eigenvalue weighted by Gasteiger charge is 2.08. The van der Waals surface area contributed by atoms with Gasteiger partial charge in [-0.05, 0) is 42.3 Å². The van der Waals surface area contributed by atoms with E-state index in [1.807, 2.05) is 36.2 Å². The molecule has 0 spiro atoms. The Balaban J connectivity index is 1.86. The molecular weight excluding hydrogens is 292 g/mol. The first-order valence-corrected chi connectivity index (χ1v) is 7.40. The zero-order chi connectivity index (χ0) is 16.4. The van der Waals surface area contributed by atoms with E-state index in [1.54, 1.807) is 6.07 Å². The van der Waals surface area contributed by atoms with Gasteiger partial charge in [-0.25, -0.2) is 8.78 Å². The van der Waals surface area contributed by atoms with Crippen molar-refractivity contribution in [3.05, 3.63) is 83.9 Å². The maximum absolute atomic E-state index is 13.4. The van der Waals surface area contributed by atoms with Crippen molar-refractivity contribution in [1.82, 2.24) is 0 Å². The molecule has 0 N–H and O–H groups in total. The highest BCUT2D eigenvalue weighted by molar-refractivity contribution is 5.69. The Morgan fingerprint density at radius 3 is 1.74 bits per heavy atom. The molecule has 3 rings (SSSR count). The Hall–Kier alpha value is -2.68. The van der Waals surface area contributed by atoms with Crippen LogP contribution in [-0.4, -0.2) is 7.05 Å². The van der Waals surface area contributed by atoms with Gasteiger partial charge in [0.05, 0.1) is 0 Å². The van der Waals surface area contributed by atoms with Gasteiger partial charge in [0.1, 0.15) is 0 Å². The summed E-state index contributed by atoms with van der Waals surface area (Å²) in [6.07, 6.45) is 0. The Morgan fingerprint density at radius 1 is 0.652 bits per heavy atom. The van der Waals surface area contributed by atoms with E-state index >= 15 is 0 Å². The maximum Gasteiger partial charge on any atom is 0.160 e. The van der Waals surface area contributed by atoms with Gasteiger partial charge >= 0.3 is 0 Å². The molecule has 0 aliphatic carbocycles. The molecule has 116 valence electrons. The molecule has 0 radical (unpaired) electrons. The number of anilines is 2. The summed E-state index contributed by atoms with van der Waals surface area (Å²) in [5.41, 5.74) is 5.01. The van der Waals surface area contributed by atoms with Crippen LogP contribution in [0.5, 0.6) is 0 Å². The molecule has 0 unspecified atom stereocenters. The van der Waals surface area contributed by atoms with Crippen LogP contribution < -0.4 is 4.90 Å². The Morgan fingerprint density at radius 2 is 1.17 bits per heavy atom. The van der Waals surface area contributed by atoms with Gasteiger partial charge in [0, 0.05) is 24.5 Å². The molecule has 1 nitrogen and oxygen atoms in total. The summed E-state index contributed by atoms with van der Waals surface area (Å²) in [4.78, 5) is 1.82. The number of halogens is 2. The van der Waals surface area contributed by atoms with Crippen molar-refractivity contribution in [3.63, 3.8) is 0 Å². The number of hydrogen-bond donors (Lipinski definition) is 0. The van der Waals surface area contributed by atoms with Crippen LogP contribution in [0.15, 0.2) is 66.7 Å². The Labute approximate surface area is 134 Å². The molecule has 3 heteroatoms. The van der Waals surface area contributed by atoms with Crippen molar-refractivity contribution in [2.75, 3.05) is 11.9 Å². The van der Waals surface area contributed by atoms with Gasteiger partial charge in [-0.2, -0.15) is 0 Å². The van der Waals surface area contributed by atoms with E-state index in [0.29, 0.717) is 5.69 Å². The van der Waals surface area contributed by atoms with Crippen LogP contribution in [0.1, 0.15) is 5.56 Å².